The quantitative estimate of drug-likeness (QED) is 0.557. The van der Waals surface area contributed by atoms with Crippen molar-refractivity contribution in [3.05, 3.63) is 54.1 Å². The van der Waals surface area contributed by atoms with E-state index >= 15 is 0 Å². The van der Waals surface area contributed by atoms with Gasteiger partial charge in [0, 0.05) is 0 Å². The molecule has 1 N–H and O–H groups in total. The molecule has 0 radical (unpaired) electrons. The number of fused-ring (bicyclic) bond motifs is 1. The molecule has 23 heavy (non-hydrogen) atoms. The number of hydrogen-bond acceptors (Lipinski definition) is 5. The molecule has 0 atom stereocenters. The lowest BCUT2D eigenvalue weighted by atomic mass is 10.2. The topological polar surface area (TPSA) is 46.5 Å². The van der Waals surface area contributed by atoms with Gasteiger partial charge in [0.1, 0.15) is 5.75 Å². The van der Waals surface area contributed by atoms with Crippen LogP contribution in [0.2, 0.25) is 0 Å². The van der Waals surface area contributed by atoms with Gasteiger partial charge >= 0.3 is 6.36 Å². The fraction of sp³-hybridized carbons (Fsp3) is 0.0667. The van der Waals surface area contributed by atoms with Crippen LogP contribution in [-0.2, 0) is 0 Å². The molecule has 0 saturated carbocycles. The second-order valence-corrected chi connectivity index (χ2v) is 5.50. The first-order chi connectivity index (χ1) is 11.0. The first-order valence-electron chi connectivity index (χ1n) is 6.50. The summed E-state index contributed by atoms with van der Waals surface area (Å²) in [6, 6.07) is 13.1. The number of para-hydroxylation sites is 1. The Kier molecular flexibility index (Phi) is 4.16. The summed E-state index contributed by atoms with van der Waals surface area (Å²) in [4.78, 5) is 4.35. The number of hydrazone groups is 1. The number of alkyl halides is 3. The number of nitrogens with one attached hydrogen (secondary N) is 1. The molecule has 0 fully saturated rings. The highest BCUT2D eigenvalue weighted by atomic mass is 32.1. The highest BCUT2D eigenvalue weighted by Gasteiger charge is 2.30. The maximum Gasteiger partial charge on any atom is 0.573 e. The zero-order valence-electron chi connectivity index (χ0n) is 11.5. The number of thiazole rings is 1. The molecule has 3 aromatic rings. The van der Waals surface area contributed by atoms with Gasteiger partial charge in [-0.25, -0.2) is 4.98 Å². The summed E-state index contributed by atoms with van der Waals surface area (Å²) < 4.78 is 41.0. The molecule has 1 heterocycles. The Morgan fingerprint density at radius 3 is 2.52 bits per heavy atom. The van der Waals surface area contributed by atoms with Gasteiger partial charge in [0.25, 0.3) is 0 Å². The van der Waals surface area contributed by atoms with E-state index in [1.54, 1.807) is 0 Å². The Hall–Kier alpha value is -2.61. The zero-order valence-corrected chi connectivity index (χ0v) is 12.4. The van der Waals surface area contributed by atoms with E-state index in [-0.39, 0.29) is 5.75 Å². The Bertz CT molecular complexity index is 795. The lowest BCUT2D eigenvalue weighted by Gasteiger charge is -2.08. The molecule has 0 unspecified atom stereocenters. The minimum Gasteiger partial charge on any atom is -0.406 e. The summed E-state index contributed by atoms with van der Waals surface area (Å²) >= 11 is 1.46. The molecule has 2 aromatic carbocycles. The average molecular weight is 337 g/mol. The number of halogens is 3. The Morgan fingerprint density at radius 1 is 1.09 bits per heavy atom. The first kappa shape index (κ1) is 15.3. The summed E-state index contributed by atoms with van der Waals surface area (Å²) in [5, 5.41) is 4.66. The van der Waals surface area contributed by atoms with E-state index in [0.29, 0.717) is 10.7 Å². The summed E-state index contributed by atoms with van der Waals surface area (Å²) in [5.41, 5.74) is 4.31. The molecule has 3 rings (SSSR count). The van der Waals surface area contributed by atoms with Crippen LogP contribution in [0, 0.1) is 0 Å². The van der Waals surface area contributed by atoms with Crippen LogP contribution >= 0.6 is 11.3 Å². The number of ether oxygens (including phenoxy) is 1. The number of aromatic nitrogens is 1. The van der Waals surface area contributed by atoms with Crippen LogP contribution in [0.15, 0.2) is 53.6 Å². The van der Waals surface area contributed by atoms with Gasteiger partial charge in [-0.2, -0.15) is 5.10 Å². The van der Waals surface area contributed by atoms with Crippen molar-refractivity contribution in [1.82, 2.24) is 4.98 Å². The predicted molar refractivity (Wildman–Crippen MR) is 84.0 cm³/mol. The van der Waals surface area contributed by atoms with Crippen molar-refractivity contribution in [1.29, 1.82) is 0 Å². The molecule has 8 heteroatoms. The van der Waals surface area contributed by atoms with E-state index in [9.17, 15) is 13.2 Å². The molecule has 1 aromatic heterocycles. The van der Waals surface area contributed by atoms with Crippen molar-refractivity contribution >= 4 is 32.9 Å². The van der Waals surface area contributed by atoms with Crippen LogP contribution in [0.25, 0.3) is 10.2 Å². The van der Waals surface area contributed by atoms with Gasteiger partial charge in [-0.15, -0.1) is 13.2 Å². The number of hydrogen-bond donors (Lipinski definition) is 1. The Labute approximate surface area is 133 Å². The summed E-state index contributed by atoms with van der Waals surface area (Å²) in [6.45, 7) is 0. The molecule has 0 aliphatic heterocycles. The van der Waals surface area contributed by atoms with E-state index in [4.69, 9.17) is 0 Å². The molecule has 0 bridgehead atoms. The first-order valence-corrected chi connectivity index (χ1v) is 7.32. The third-order valence-electron chi connectivity index (χ3n) is 2.78. The molecule has 0 aliphatic rings. The van der Waals surface area contributed by atoms with E-state index < -0.39 is 6.36 Å². The van der Waals surface area contributed by atoms with Crippen LogP contribution in [0.1, 0.15) is 5.56 Å². The fourth-order valence-corrected chi connectivity index (χ4v) is 2.65. The monoisotopic (exact) mass is 337 g/mol. The van der Waals surface area contributed by atoms with Crippen LogP contribution < -0.4 is 10.2 Å². The highest BCUT2D eigenvalue weighted by Crippen LogP contribution is 2.25. The number of nitrogens with zero attached hydrogens (tertiary/aromatic N) is 2. The van der Waals surface area contributed by atoms with Gasteiger partial charge in [-0.05, 0) is 42.0 Å². The molecule has 118 valence electrons. The van der Waals surface area contributed by atoms with Crippen LogP contribution in [0.5, 0.6) is 5.75 Å². The number of anilines is 1. The standard InChI is InChI=1S/C15H10F3N3OS/c16-15(17,18)22-11-7-5-10(6-8-11)9-19-21-14-20-12-3-1-2-4-13(12)23-14/h1-9H,(H,20,21). The van der Waals surface area contributed by atoms with E-state index in [2.05, 4.69) is 20.2 Å². The number of rotatable bonds is 4. The van der Waals surface area contributed by atoms with Gasteiger partial charge in [-0.3, -0.25) is 5.43 Å². The van der Waals surface area contributed by atoms with E-state index in [0.717, 1.165) is 10.2 Å². The molecule has 0 spiro atoms. The summed E-state index contributed by atoms with van der Waals surface area (Å²) in [7, 11) is 0. The maximum atomic E-state index is 12.1. The molecular weight excluding hydrogens is 327 g/mol. The van der Waals surface area contributed by atoms with Crippen LogP contribution in [-0.4, -0.2) is 17.6 Å². The van der Waals surface area contributed by atoms with Crippen molar-refractivity contribution < 1.29 is 17.9 Å². The Morgan fingerprint density at radius 2 is 1.83 bits per heavy atom. The lowest BCUT2D eigenvalue weighted by molar-refractivity contribution is -0.274. The molecule has 0 amide bonds. The highest BCUT2D eigenvalue weighted by molar-refractivity contribution is 7.22. The van der Waals surface area contributed by atoms with Gasteiger partial charge in [0.2, 0.25) is 5.13 Å². The lowest BCUT2D eigenvalue weighted by Crippen LogP contribution is -2.17. The minimum atomic E-state index is -4.69. The van der Waals surface area contributed by atoms with Gasteiger partial charge in [0.15, 0.2) is 0 Å². The van der Waals surface area contributed by atoms with Gasteiger partial charge in [0.05, 0.1) is 16.4 Å². The molecular formula is C15H10F3N3OS. The van der Waals surface area contributed by atoms with Crippen molar-refractivity contribution in [2.24, 2.45) is 5.10 Å². The fourth-order valence-electron chi connectivity index (χ4n) is 1.84. The van der Waals surface area contributed by atoms with Crippen molar-refractivity contribution in [3.63, 3.8) is 0 Å². The molecule has 0 saturated heterocycles. The minimum absolute atomic E-state index is 0.270. The van der Waals surface area contributed by atoms with Gasteiger partial charge < -0.3 is 4.74 Å². The third-order valence-corrected chi connectivity index (χ3v) is 3.72. The van der Waals surface area contributed by atoms with E-state index in [1.807, 2.05) is 24.3 Å². The largest absolute Gasteiger partial charge is 0.573 e. The Balaban J connectivity index is 1.63. The van der Waals surface area contributed by atoms with Crippen molar-refractivity contribution in [3.8, 4) is 5.75 Å². The van der Waals surface area contributed by atoms with Crippen LogP contribution in [0.3, 0.4) is 0 Å². The summed E-state index contributed by atoms with van der Waals surface area (Å²) in [6.07, 6.45) is -3.20. The van der Waals surface area contributed by atoms with Crippen LogP contribution in [0.4, 0.5) is 18.3 Å². The zero-order chi connectivity index (χ0) is 16.3. The normalized spacial score (nSPS) is 12.0. The second-order valence-electron chi connectivity index (χ2n) is 4.47. The second kappa shape index (κ2) is 6.25. The SMILES string of the molecule is FC(F)(F)Oc1ccc(C=NNc2nc3ccccc3s2)cc1. The maximum absolute atomic E-state index is 12.1. The average Bonchev–Trinajstić information content (AvgIpc) is 2.90. The number of benzene rings is 2. The smallest absolute Gasteiger partial charge is 0.406 e. The van der Waals surface area contributed by atoms with Crippen molar-refractivity contribution in [2.45, 2.75) is 6.36 Å². The predicted octanol–water partition coefficient (Wildman–Crippen LogP) is 4.64. The van der Waals surface area contributed by atoms with Gasteiger partial charge in [-0.1, -0.05) is 23.5 Å². The van der Waals surface area contributed by atoms with Crippen molar-refractivity contribution in [2.75, 3.05) is 5.43 Å². The summed E-state index contributed by atoms with van der Waals surface area (Å²) in [5.74, 6) is -0.270. The van der Waals surface area contributed by atoms with E-state index in [1.165, 1.54) is 41.8 Å². The molecule has 0 aliphatic carbocycles. The third kappa shape index (κ3) is 4.19. The molecule has 4 nitrogen and oxygen atoms in total.